The van der Waals surface area contributed by atoms with Crippen LogP contribution in [0.3, 0.4) is 0 Å². The standard InChI is InChI=1S/C15H20N4OS3/c1-4-9-16-14-18-19-15(23-14)22-10(2)13(20)17-11-7-5-6-8-12(11)21-3/h5-8,10H,4,9H2,1-3H3,(H,16,18)(H,17,20)/t10-/m0/s1. The molecule has 5 nitrogen and oxygen atoms in total. The summed E-state index contributed by atoms with van der Waals surface area (Å²) in [6.45, 7) is 4.85. The van der Waals surface area contributed by atoms with E-state index >= 15 is 0 Å². The van der Waals surface area contributed by atoms with Crippen LogP contribution in [0, 0.1) is 0 Å². The van der Waals surface area contributed by atoms with Gasteiger partial charge in [-0.2, -0.15) is 0 Å². The van der Waals surface area contributed by atoms with Crippen LogP contribution in [0.5, 0.6) is 0 Å². The Morgan fingerprint density at radius 2 is 2.13 bits per heavy atom. The minimum Gasteiger partial charge on any atom is -0.360 e. The smallest absolute Gasteiger partial charge is 0.237 e. The molecule has 0 aliphatic rings. The van der Waals surface area contributed by atoms with E-state index in [1.54, 1.807) is 11.8 Å². The van der Waals surface area contributed by atoms with Crippen LogP contribution in [-0.2, 0) is 4.79 Å². The van der Waals surface area contributed by atoms with Crippen LogP contribution in [-0.4, -0.2) is 34.2 Å². The van der Waals surface area contributed by atoms with Gasteiger partial charge in [0.05, 0.1) is 10.9 Å². The Kier molecular flexibility index (Phi) is 7.19. The summed E-state index contributed by atoms with van der Waals surface area (Å²) in [6.07, 6.45) is 3.03. The van der Waals surface area contributed by atoms with Crippen LogP contribution < -0.4 is 10.6 Å². The number of benzene rings is 1. The molecular weight excluding hydrogens is 348 g/mol. The van der Waals surface area contributed by atoms with E-state index in [4.69, 9.17) is 0 Å². The van der Waals surface area contributed by atoms with Crippen LogP contribution in [0.1, 0.15) is 20.3 Å². The lowest BCUT2D eigenvalue weighted by Crippen LogP contribution is -2.22. The Labute approximate surface area is 149 Å². The van der Waals surface area contributed by atoms with E-state index in [9.17, 15) is 4.79 Å². The summed E-state index contributed by atoms with van der Waals surface area (Å²) in [5.41, 5.74) is 0.847. The Hall–Kier alpha value is -1.25. The number of hydrogen-bond acceptors (Lipinski definition) is 7. The quantitative estimate of drug-likeness (QED) is 0.681. The van der Waals surface area contributed by atoms with Crippen molar-refractivity contribution in [1.29, 1.82) is 0 Å². The van der Waals surface area contributed by atoms with Gasteiger partial charge in [-0.25, -0.2) is 0 Å². The first-order valence-corrected chi connectivity index (χ1v) is 10.2. The second-order valence-corrected chi connectivity index (χ2v) is 8.16. The third kappa shape index (κ3) is 5.40. The average molecular weight is 369 g/mol. The number of nitrogens with one attached hydrogen (secondary N) is 2. The molecule has 0 radical (unpaired) electrons. The molecule has 1 aromatic heterocycles. The number of aromatic nitrogens is 2. The van der Waals surface area contributed by atoms with E-state index in [1.165, 1.54) is 23.1 Å². The van der Waals surface area contributed by atoms with Crippen molar-refractivity contribution in [2.24, 2.45) is 0 Å². The van der Waals surface area contributed by atoms with Gasteiger partial charge in [-0.15, -0.1) is 22.0 Å². The number of carbonyl (C=O) groups excluding carboxylic acids is 1. The van der Waals surface area contributed by atoms with Gasteiger partial charge in [-0.05, 0) is 31.7 Å². The molecule has 0 aliphatic heterocycles. The highest BCUT2D eigenvalue weighted by Gasteiger charge is 2.18. The molecule has 0 unspecified atom stereocenters. The Morgan fingerprint density at radius 3 is 2.87 bits per heavy atom. The highest BCUT2D eigenvalue weighted by molar-refractivity contribution is 8.02. The van der Waals surface area contributed by atoms with E-state index in [2.05, 4.69) is 27.8 Å². The molecule has 23 heavy (non-hydrogen) atoms. The normalized spacial score (nSPS) is 12.0. The zero-order valence-corrected chi connectivity index (χ0v) is 15.8. The number of hydrogen-bond donors (Lipinski definition) is 2. The van der Waals surface area contributed by atoms with Crippen LogP contribution in [0.2, 0.25) is 0 Å². The SMILES string of the molecule is CCCNc1nnc(S[C@@H](C)C(=O)Nc2ccccc2SC)s1. The lowest BCUT2D eigenvalue weighted by Gasteiger charge is -2.12. The number of nitrogens with zero attached hydrogens (tertiary/aromatic N) is 2. The van der Waals surface area contributed by atoms with E-state index in [0.29, 0.717) is 0 Å². The fourth-order valence-corrected chi connectivity index (χ4v) is 4.22. The van der Waals surface area contributed by atoms with Crippen LogP contribution in [0.25, 0.3) is 0 Å². The summed E-state index contributed by atoms with van der Waals surface area (Å²) < 4.78 is 0.796. The lowest BCUT2D eigenvalue weighted by molar-refractivity contribution is -0.115. The predicted molar refractivity (Wildman–Crippen MR) is 101 cm³/mol. The molecule has 2 N–H and O–H groups in total. The van der Waals surface area contributed by atoms with Crippen molar-refractivity contribution in [1.82, 2.24) is 10.2 Å². The van der Waals surface area contributed by atoms with Gasteiger partial charge in [0, 0.05) is 11.4 Å². The highest BCUT2D eigenvalue weighted by atomic mass is 32.2. The molecule has 0 bridgehead atoms. The second kappa shape index (κ2) is 9.14. The molecule has 0 saturated heterocycles. The van der Waals surface area contributed by atoms with Gasteiger partial charge in [-0.3, -0.25) is 4.79 Å². The largest absolute Gasteiger partial charge is 0.360 e. The van der Waals surface area contributed by atoms with Crippen molar-refractivity contribution in [2.45, 2.75) is 34.8 Å². The fraction of sp³-hybridized carbons (Fsp3) is 0.400. The van der Waals surface area contributed by atoms with Gasteiger partial charge >= 0.3 is 0 Å². The second-order valence-electron chi connectivity index (χ2n) is 4.75. The fourth-order valence-electron chi connectivity index (χ4n) is 1.75. The van der Waals surface area contributed by atoms with Crippen LogP contribution in [0.15, 0.2) is 33.5 Å². The van der Waals surface area contributed by atoms with Crippen molar-refractivity contribution < 1.29 is 4.79 Å². The number of thioether (sulfide) groups is 2. The van der Waals surface area contributed by atoms with Crippen molar-refractivity contribution in [3.8, 4) is 0 Å². The lowest BCUT2D eigenvalue weighted by atomic mass is 10.3. The molecule has 124 valence electrons. The van der Waals surface area contributed by atoms with Gasteiger partial charge < -0.3 is 10.6 Å². The van der Waals surface area contributed by atoms with Crippen molar-refractivity contribution in [3.05, 3.63) is 24.3 Å². The molecule has 0 saturated carbocycles. The molecule has 8 heteroatoms. The summed E-state index contributed by atoms with van der Waals surface area (Å²) in [7, 11) is 0. The Morgan fingerprint density at radius 1 is 1.35 bits per heavy atom. The number of para-hydroxylation sites is 1. The van der Waals surface area contributed by atoms with Crippen LogP contribution >= 0.6 is 34.9 Å². The minimum atomic E-state index is -0.239. The summed E-state index contributed by atoms with van der Waals surface area (Å²) in [6, 6.07) is 7.79. The zero-order chi connectivity index (χ0) is 16.7. The predicted octanol–water partition coefficient (Wildman–Crippen LogP) is 4.20. The molecule has 2 rings (SSSR count). The first-order chi connectivity index (χ1) is 11.1. The van der Waals surface area contributed by atoms with Gasteiger partial charge in [0.2, 0.25) is 11.0 Å². The third-order valence-corrected chi connectivity index (χ3v) is 5.81. The molecule has 1 aromatic carbocycles. The molecule has 1 atom stereocenters. The van der Waals surface area contributed by atoms with E-state index in [-0.39, 0.29) is 11.2 Å². The van der Waals surface area contributed by atoms with E-state index in [0.717, 1.165) is 33.0 Å². The minimum absolute atomic E-state index is 0.0326. The van der Waals surface area contributed by atoms with Gasteiger partial charge in [0.15, 0.2) is 4.34 Å². The summed E-state index contributed by atoms with van der Waals surface area (Å²) in [5, 5.41) is 14.9. The maximum Gasteiger partial charge on any atom is 0.237 e. The molecule has 1 amide bonds. The third-order valence-electron chi connectivity index (χ3n) is 2.94. The number of amides is 1. The molecule has 0 spiro atoms. The molecule has 0 aliphatic carbocycles. The van der Waals surface area contributed by atoms with Crippen molar-refractivity contribution in [3.63, 3.8) is 0 Å². The summed E-state index contributed by atoms with van der Waals surface area (Å²) in [5.74, 6) is -0.0326. The Balaban J connectivity index is 1.93. The number of carbonyl (C=O) groups is 1. The number of rotatable bonds is 8. The van der Waals surface area contributed by atoms with Gasteiger partial charge in [-0.1, -0.05) is 42.2 Å². The molecule has 0 fully saturated rings. The highest BCUT2D eigenvalue weighted by Crippen LogP contribution is 2.30. The maximum absolute atomic E-state index is 12.4. The Bertz CT molecular complexity index is 647. The van der Waals surface area contributed by atoms with E-state index in [1.807, 2.05) is 37.4 Å². The molecular formula is C15H20N4OS3. The maximum atomic E-state index is 12.4. The monoisotopic (exact) mass is 368 g/mol. The topological polar surface area (TPSA) is 66.9 Å². The van der Waals surface area contributed by atoms with Crippen molar-refractivity contribution >= 4 is 51.6 Å². The van der Waals surface area contributed by atoms with E-state index < -0.39 is 0 Å². The summed E-state index contributed by atoms with van der Waals surface area (Å²) in [4.78, 5) is 13.4. The average Bonchev–Trinajstić information content (AvgIpc) is 3.00. The van der Waals surface area contributed by atoms with Crippen molar-refractivity contribution in [2.75, 3.05) is 23.4 Å². The zero-order valence-electron chi connectivity index (χ0n) is 13.3. The van der Waals surface area contributed by atoms with Gasteiger partial charge in [0.1, 0.15) is 0 Å². The molecule has 2 aromatic rings. The first-order valence-electron chi connectivity index (χ1n) is 7.32. The van der Waals surface area contributed by atoms with Gasteiger partial charge in [0.25, 0.3) is 0 Å². The molecule has 1 heterocycles. The number of anilines is 2. The summed E-state index contributed by atoms with van der Waals surface area (Å²) >= 11 is 4.52. The van der Waals surface area contributed by atoms with Crippen LogP contribution in [0.4, 0.5) is 10.8 Å². The first kappa shape index (κ1) is 18.1.